The van der Waals surface area contributed by atoms with Gasteiger partial charge in [-0.2, -0.15) is 0 Å². The van der Waals surface area contributed by atoms with Gasteiger partial charge in [-0.15, -0.1) is 0 Å². The normalized spacial score (nSPS) is 16.1. The topological polar surface area (TPSA) is 127 Å². The number of nitrogens with one attached hydrogen (secondary N) is 2. The largest absolute Gasteiger partial charge is 0.469 e. The Bertz CT molecular complexity index is 1920. The summed E-state index contributed by atoms with van der Waals surface area (Å²) >= 11 is 0. The third kappa shape index (κ3) is 4.27. The van der Waals surface area contributed by atoms with Crippen molar-refractivity contribution < 1.29 is 23.9 Å². The molecule has 214 valence electrons. The number of hydrogen-bond acceptors (Lipinski definition) is 7. The van der Waals surface area contributed by atoms with Gasteiger partial charge in [-0.25, -0.2) is 14.6 Å². The first-order valence-electron chi connectivity index (χ1n) is 14.1. The fourth-order valence-corrected chi connectivity index (χ4v) is 6.29. The second-order valence-corrected chi connectivity index (χ2v) is 10.9. The molecule has 0 fully saturated rings. The van der Waals surface area contributed by atoms with Crippen LogP contribution in [0.25, 0.3) is 39.3 Å². The Kier molecular flexibility index (Phi) is 6.68. The van der Waals surface area contributed by atoms with Gasteiger partial charge in [0, 0.05) is 40.1 Å². The highest BCUT2D eigenvalue weighted by atomic mass is 16.6. The second kappa shape index (κ2) is 10.2. The summed E-state index contributed by atoms with van der Waals surface area (Å²) in [6.45, 7) is 12.0. The fraction of sp³-hybridized carbons (Fsp3) is 0.303. The summed E-state index contributed by atoms with van der Waals surface area (Å²) in [4.78, 5) is 55.2. The zero-order valence-electron chi connectivity index (χ0n) is 24.4. The molecular formula is C33H32N4O5. The quantitative estimate of drug-likeness (QED) is 0.267. The lowest BCUT2D eigenvalue weighted by Gasteiger charge is -2.15. The molecule has 0 amide bonds. The molecule has 6 rings (SSSR count). The van der Waals surface area contributed by atoms with E-state index in [1.807, 2.05) is 38.1 Å². The lowest BCUT2D eigenvalue weighted by Crippen LogP contribution is -2.21. The molecular weight excluding hydrogens is 532 g/mol. The minimum absolute atomic E-state index is 0.162. The summed E-state index contributed by atoms with van der Waals surface area (Å²) in [6, 6.07) is 5.94. The first kappa shape index (κ1) is 27.4. The summed E-state index contributed by atoms with van der Waals surface area (Å²) in [6.07, 6.45) is 3.68. The molecule has 2 N–H and O–H groups in total. The van der Waals surface area contributed by atoms with E-state index in [0.29, 0.717) is 40.7 Å². The number of nitrogens with zero attached hydrogens (tertiary/aromatic N) is 2. The minimum Gasteiger partial charge on any atom is -0.469 e. The van der Waals surface area contributed by atoms with Crippen molar-refractivity contribution in [1.29, 1.82) is 0 Å². The molecule has 3 aliphatic rings. The maximum Gasteiger partial charge on any atom is 0.350 e. The van der Waals surface area contributed by atoms with Crippen molar-refractivity contribution in [3.8, 4) is 0 Å². The van der Waals surface area contributed by atoms with Crippen LogP contribution in [0.5, 0.6) is 0 Å². The van der Waals surface area contributed by atoms with Crippen LogP contribution >= 0.6 is 0 Å². The number of methoxy groups -OCH3 is 1. The van der Waals surface area contributed by atoms with Crippen molar-refractivity contribution in [2.75, 3.05) is 7.11 Å². The highest BCUT2D eigenvalue weighted by Crippen LogP contribution is 2.38. The molecule has 9 heteroatoms. The number of hydrogen-bond donors (Lipinski definition) is 2. The molecule has 0 aliphatic carbocycles. The van der Waals surface area contributed by atoms with E-state index < -0.39 is 11.9 Å². The van der Waals surface area contributed by atoms with E-state index >= 15 is 0 Å². The van der Waals surface area contributed by atoms with E-state index in [0.717, 1.165) is 56.8 Å². The predicted octanol–water partition coefficient (Wildman–Crippen LogP) is 6.51. The Morgan fingerprint density at radius 2 is 1.74 bits per heavy atom. The molecule has 1 atom stereocenters. The number of rotatable bonds is 5. The van der Waals surface area contributed by atoms with Crippen LogP contribution in [-0.2, 0) is 20.7 Å². The number of carbonyl (C=O) groups is 3. The lowest BCUT2D eigenvalue weighted by atomic mass is 9.92. The van der Waals surface area contributed by atoms with Crippen molar-refractivity contribution in [2.45, 2.75) is 59.3 Å². The van der Waals surface area contributed by atoms with Crippen molar-refractivity contribution in [1.82, 2.24) is 19.9 Å². The molecule has 0 saturated carbocycles. The van der Waals surface area contributed by atoms with Crippen molar-refractivity contribution in [3.63, 3.8) is 0 Å². The molecule has 3 aromatic heterocycles. The van der Waals surface area contributed by atoms with Crippen molar-refractivity contribution >= 4 is 57.2 Å². The monoisotopic (exact) mass is 564 g/mol. The Morgan fingerprint density at radius 1 is 1.02 bits per heavy atom. The number of H-pyrrole nitrogens is 2. The predicted molar refractivity (Wildman–Crippen MR) is 161 cm³/mol. The first-order chi connectivity index (χ1) is 20.1. The lowest BCUT2D eigenvalue weighted by molar-refractivity contribution is -0.140. The van der Waals surface area contributed by atoms with Gasteiger partial charge in [0.1, 0.15) is 5.56 Å². The van der Waals surface area contributed by atoms with E-state index in [9.17, 15) is 14.4 Å². The first-order valence-corrected chi connectivity index (χ1v) is 14.1. The van der Waals surface area contributed by atoms with E-state index in [1.54, 1.807) is 0 Å². The molecule has 9 nitrogen and oxygen atoms in total. The standard InChI is InChI=1S/C33H32N4O5/c1-7-20-15(3)22-12-19-11-18(9-10-27(38)41-6)30(34-19)29-31-28(32(39)42-33(29)40)17(5)24(37-31)14-26-21(8-2)16(4)23(36-26)13-25(20)35-22/h7,12-14,18,35,37H,1,8-11H2,2-6H3/t18-/m0/s1. The number of allylic oxidation sites excluding steroid dienone is 2. The van der Waals surface area contributed by atoms with Crippen LogP contribution in [0.4, 0.5) is 0 Å². The van der Waals surface area contributed by atoms with Gasteiger partial charge in [0.2, 0.25) is 0 Å². The Hall–Kier alpha value is -4.79. The molecule has 42 heavy (non-hydrogen) atoms. The fourth-order valence-electron chi connectivity index (χ4n) is 6.29. The average Bonchev–Trinajstić information content (AvgIpc) is 3.66. The van der Waals surface area contributed by atoms with Gasteiger partial charge < -0.3 is 19.4 Å². The van der Waals surface area contributed by atoms with Crippen LogP contribution < -0.4 is 0 Å². The number of ether oxygens (including phenoxy) is 2. The van der Waals surface area contributed by atoms with E-state index in [-0.39, 0.29) is 23.9 Å². The number of carbonyl (C=O) groups excluding carboxylic acids is 3. The van der Waals surface area contributed by atoms with Crippen LogP contribution in [0.1, 0.15) is 99.2 Å². The number of cyclic esters (lactones) is 2. The van der Waals surface area contributed by atoms with Crippen LogP contribution in [0.15, 0.2) is 24.8 Å². The van der Waals surface area contributed by atoms with Gasteiger partial charge in [-0.05, 0) is 80.5 Å². The van der Waals surface area contributed by atoms with Crippen molar-refractivity contribution in [2.24, 2.45) is 0 Å². The zero-order valence-corrected chi connectivity index (χ0v) is 24.4. The molecule has 6 heterocycles. The minimum atomic E-state index is -0.759. The van der Waals surface area contributed by atoms with Gasteiger partial charge >= 0.3 is 17.9 Å². The van der Waals surface area contributed by atoms with Crippen LogP contribution in [0, 0.1) is 13.8 Å². The van der Waals surface area contributed by atoms with Crippen LogP contribution in [-0.4, -0.2) is 45.0 Å². The summed E-state index contributed by atoms with van der Waals surface area (Å²) < 4.78 is 10.1. The van der Waals surface area contributed by atoms with Gasteiger partial charge in [0.15, 0.2) is 0 Å². The maximum absolute atomic E-state index is 13.4. The summed E-state index contributed by atoms with van der Waals surface area (Å²) in [7, 11) is 1.35. The van der Waals surface area contributed by atoms with E-state index in [1.165, 1.54) is 7.11 Å². The molecule has 3 aromatic rings. The van der Waals surface area contributed by atoms with Gasteiger partial charge in [0.25, 0.3) is 0 Å². The molecule has 3 aliphatic heterocycles. The number of aromatic amines is 2. The smallest absolute Gasteiger partial charge is 0.350 e. The highest BCUT2D eigenvalue weighted by molar-refractivity contribution is 6.18. The summed E-state index contributed by atoms with van der Waals surface area (Å²) in [5, 5.41) is 0. The van der Waals surface area contributed by atoms with Gasteiger partial charge in [0.05, 0.1) is 35.3 Å². The number of fused-ring (bicyclic) bond motifs is 8. The molecule has 0 aromatic carbocycles. The summed E-state index contributed by atoms with van der Waals surface area (Å²) in [5.41, 5.74) is 11.0. The average molecular weight is 565 g/mol. The van der Waals surface area contributed by atoms with Crippen LogP contribution in [0.3, 0.4) is 0 Å². The third-order valence-electron chi connectivity index (χ3n) is 8.60. The molecule has 0 radical (unpaired) electrons. The molecule has 8 bridgehead atoms. The Labute approximate surface area is 242 Å². The number of aryl methyl sites for hydroxylation is 2. The zero-order chi connectivity index (χ0) is 29.9. The van der Waals surface area contributed by atoms with Gasteiger partial charge in [-0.3, -0.25) is 9.78 Å². The molecule has 0 saturated heterocycles. The number of esters is 3. The van der Waals surface area contributed by atoms with Crippen molar-refractivity contribution in [3.05, 3.63) is 75.4 Å². The Balaban J connectivity index is 1.77. The molecule has 0 unspecified atom stereocenters. The second-order valence-electron chi connectivity index (χ2n) is 10.9. The SMILES string of the molecule is C=Cc1c(C)c2cc3nc(c4c5[nH]c(cc6nc(cc1[nH]2)C(C)=C6CC)c(C)c5C(=O)OC4=O)[C@@H](CCC(=O)OC)C3. The summed E-state index contributed by atoms with van der Waals surface area (Å²) in [5.74, 6) is -2.07. The Morgan fingerprint density at radius 3 is 2.45 bits per heavy atom. The van der Waals surface area contributed by atoms with E-state index in [2.05, 4.69) is 30.4 Å². The highest BCUT2D eigenvalue weighted by Gasteiger charge is 2.36. The third-order valence-corrected chi connectivity index (χ3v) is 8.60. The number of aromatic nitrogens is 4. The molecule has 0 spiro atoms. The van der Waals surface area contributed by atoms with Crippen LogP contribution in [0.2, 0.25) is 0 Å². The maximum atomic E-state index is 13.4. The van der Waals surface area contributed by atoms with Gasteiger partial charge in [-0.1, -0.05) is 19.6 Å². The van der Waals surface area contributed by atoms with E-state index in [4.69, 9.17) is 19.4 Å².